The van der Waals surface area contributed by atoms with Crippen molar-refractivity contribution < 1.29 is 4.79 Å². The Kier molecular flexibility index (Phi) is 7.46. The van der Waals surface area contributed by atoms with E-state index >= 15 is 0 Å². The Labute approximate surface area is 168 Å². The van der Waals surface area contributed by atoms with Gasteiger partial charge in [-0.2, -0.15) is 5.26 Å². The fourth-order valence-electron chi connectivity index (χ4n) is 4.19. The minimum Gasteiger partial charge on any atom is -0.357 e. The molecule has 148 valence electrons. The molecule has 1 aromatic heterocycles. The van der Waals surface area contributed by atoms with E-state index in [2.05, 4.69) is 46.5 Å². The number of nitrogens with zero attached hydrogens (tertiary/aromatic N) is 5. The molecule has 0 N–H and O–H groups in total. The standard InChI is InChI=1S/C20H29N5O.ClH/c1-15(2)25-11-10-24(14-16(25)3)20(26)18-6-8-23(9-7-18)19-5-4-17(12-21)13-22-19;/h4-5,13,15-16,18H,6-11,14H2,1-3H3;1H/t16-;/m0./s1. The van der Waals surface area contributed by atoms with Crippen molar-refractivity contribution in [1.29, 1.82) is 5.26 Å². The van der Waals surface area contributed by atoms with Gasteiger partial charge < -0.3 is 9.80 Å². The zero-order chi connectivity index (χ0) is 18.7. The van der Waals surface area contributed by atoms with Crippen molar-refractivity contribution in [3.05, 3.63) is 23.9 Å². The van der Waals surface area contributed by atoms with Crippen LogP contribution in [0.3, 0.4) is 0 Å². The lowest BCUT2D eigenvalue weighted by atomic mass is 9.94. The molecular formula is C20H30ClN5O. The summed E-state index contributed by atoms with van der Waals surface area (Å²) in [4.78, 5) is 24.1. The van der Waals surface area contributed by atoms with Crippen LogP contribution in [-0.4, -0.2) is 65.5 Å². The number of nitriles is 1. The molecule has 2 fully saturated rings. The summed E-state index contributed by atoms with van der Waals surface area (Å²) >= 11 is 0. The molecule has 3 heterocycles. The largest absolute Gasteiger partial charge is 0.357 e. The number of halogens is 1. The Morgan fingerprint density at radius 1 is 1.22 bits per heavy atom. The number of pyridine rings is 1. The third kappa shape index (κ3) is 4.91. The van der Waals surface area contributed by atoms with Crippen LogP contribution in [0.5, 0.6) is 0 Å². The molecular weight excluding hydrogens is 362 g/mol. The Bertz CT molecular complexity index is 664. The molecule has 2 saturated heterocycles. The van der Waals surface area contributed by atoms with Gasteiger partial charge in [-0.25, -0.2) is 4.98 Å². The highest BCUT2D eigenvalue weighted by Crippen LogP contribution is 2.25. The molecule has 0 unspecified atom stereocenters. The molecule has 2 aliphatic rings. The number of carbonyl (C=O) groups excluding carboxylic acids is 1. The summed E-state index contributed by atoms with van der Waals surface area (Å²) in [6.07, 6.45) is 3.36. The number of aromatic nitrogens is 1. The van der Waals surface area contributed by atoms with E-state index in [-0.39, 0.29) is 18.3 Å². The van der Waals surface area contributed by atoms with Gasteiger partial charge in [0.2, 0.25) is 5.91 Å². The summed E-state index contributed by atoms with van der Waals surface area (Å²) in [5, 5.41) is 8.88. The lowest BCUT2D eigenvalue weighted by molar-refractivity contribution is -0.139. The summed E-state index contributed by atoms with van der Waals surface area (Å²) in [5.74, 6) is 1.35. The van der Waals surface area contributed by atoms with Crippen molar-refractivity contribution in [1.82, 2.24) is 14.8 Å². The summed E-state index contributed by atoms with van der Waals surface area (Å²) in [6.45, 7) is 11.0. The van der Waals surface area contributed by atoms with Gasteiger partial charge in [0, 0.05) is 56.9 Å². The number of anilines is 1. The molecule has 6 nitrogen and oxygen atoms in total. The molecule has 2 aliphatic heterocycles. The first-order valence-corrected chi connectivity index (χ1v) is 9.65. The van der Waals surface area contributed by atoms with Gasteiger partial charge in [-0.15, -0.1) is 12.4 Å². The van der Waals surface area contributed by atoms with Crippen molar-refractivity contribution in [3.8, 4) is 6.07 Å². The Balaban J connectivity index is 0.00000261. The molecule has 1 amide bonds. The molecule has 0 aromatic carbocycles. The first-order chi connectivity index (χ1) is 12.5. The number of carbonyl (C=O) groups is 1. The van der Waals surface area contributed by atoms with Crippen molar-refractivity contribution in [2.45, 2.75) is 45.7 Å². The predicted molar refractivity (Wildman–Crippen MR) is 109 cm³/mol. The lowest BCUT2D eigenvalue weighted by Crippen LogP contribution is -2.57. The molecule has 0 spiro atoms. The van der Waals surface area contributed by atoms with Crippen LogP contribution in [0.25, 0.3) is 0 Å². The first-order valence-electron chi connectivity index (χ1n) is 9.65. The number of hydrogen-bond acceptors (Lipinski definition) is 5. The number of hydrogen-bond donors (Lipinski definition) is 0. The smallest absolute Gasteiger partial charge is 0.225 e. The first kappa shape index (κ1) is 21.5. The molecule has 0 aliphatic carbocycles. The molecule has 27 heavy (non-hydrogen) atoms. The van der Waals surface area contributed by atoms with Crippen LogP contribution < -0.4 is 4.90 Å². The SMILES string of the molecule is CC(C)N1CCN(C(=O)C2CCN(c3ccc(C#N)cn3)CC2)C[C@@H]1C.Cl. The fourth-order valence-corrected chi connectivity index (χ4v) is 4.19. The van der Waals surface area contributed by atoms with E-state index in [1.165, 1.54) is 0 Å². The zero-order valence-corrected chi connectivity index (χ0v) is 17.3. The monoisotopic (exact) mass is 391 g/mol. The predicted octanol–water partition coefficient (Wildman–Crippen LogP) is 2.53. The maximum atomic E-state index is 12.9. The van der Waals surface area contributed by atoms with Crippen LogP contribution in [0.2, 0.25) is 0 Å². The molecule has 0 bridgehead atoms. The van der Waals surface area contributed by atoms with Crippen molar-refractivity contribution in [3.63, 3.8) is 0 Å². The summed E-state index contributed by atoms with van der Waals surface area (Å²) < 4.78 is 0. The van der Waals surface area contributed by atoms with Gasteiger partial charge in [0.25, 0.3) is 0 Å². The quantitative estimate of drug-likeness (QED) is 0.792. The normalized spacial score (nSPS) is 21.7. The minimum absolute atomic E-state index is 0. The Hall–Kier alpha value is -1.84. The Morgan fingerprint density at radius 3 is 2.44 bits per heavy atom. The molecule has 0 saturated carbocycles. The topological polar surface area (TPSA) is 63.5 Å². The van der Waals surface area contributed by atoms with Crippen molar-refractivity contribution >= 4 is 24.1 Å². The van der Waals surface area contributed by atoms with Crippen LogP contribution in [-0.2, 0) is 4.79 Å². The van der Waals surface area contributed by atoms with Gasteiger partial charge in [0.1, 0.15) is 11.9 Å². The number of piperazine rings is 1. The third-order valence-electron chi connectivity index (χ3n) is 5.70. The average Bonchev–Trinajstić information content (AvgIpc) is 2.67. The van der Waals surface area contributed by atoms with E-state index < -0.39 is 0 Å². The molecule has 7 heteroatoms. The van der Waals surface area contributed by atoms with Gasteiger partial charge in [0.15, 0.2) is 0 Å². The maximum absolute atomic E-state index is 12.9. The highest BCUT2D eigenvalue weighted by molar-refractivity contribution is 5.85. The second-order valence-corrected chi connectivity index (χ2v) is 7.74. The highest BCUT2D eigenvalue weighted by atomic mass is 35.5. The van der Waals surface area contributed by atoms with E-state index in [1.807, 2.05) is 6.07 Å². The summed E-state index contributed by atoms with van der Waals surface area (Å²) in [7, 11) is 0. The number of rotatable bonds is 3. The van der Waals surface area contributed by atoms with Gasteiger partial charge in [-0.1, -0.05) is 0 Å². The van der Waals surface area contributed by atoms with Crippen LogP contribution in [0.15, 0.2) is 18.3 Å². The van der Waals surface area contributed by atoms with E-state index in [1.54, 1.807) is 12.3 Å². The summed E-state index contributed by atoms with van der Waals surface area (Å²) in [5.41, 5.74) is 0.577. The molecule has 1 aromatic rings. The Morgan fingerprint density at radius 2 is 1.93 bits per heavy atom. The second kappa shape index (κ2) is 9.38. The van der Waals surface area contributed by atoms with Gasteiger partial charge in [-0.3, -0.25) is 9.69 Å². The van der Waals surface area contributed by atoms with Crippen LogP contribution >= 0.6 is 12.4 Å². The molecule has 3 rings (SSSR count). The molecule has 0 radical (unpaired) electrons. The lowest BCUT2D eigenvalue weighted by Gasteiger charge is -2.43. The second-order valence-electron chi connectivity index (χ2n) is 7.74. The zero-order valence-electron chi connectivity index (χ0n) is 16.5. The van der Waals surface area contributed by atoms with E-state index in [9.17, 15) is 4.79 Å². The van der Waals surface area contributed by atoms with Gasteiger partial charge in [0.05, 0.1) is 5.56 Å². The minimum atomic E-state index is 0. The van der Waals surface area contributed by atoms with Crippen LogP contribution in [0, 0.1) is 17.2 Å². The van der Waals surface area contributed by atoms with Crippen LogP contribution in [0.4, 0.5) is 5.82 Å². The van der Waals surface area contributed by atoms with Crippen molar-refractivity contribution in [2.75, 3.05) is 37.6 Å². The number of piperidine rings is 1. The molecule has 1 atom stereocenters. The van der Waals surface area contributed by atoms with Gasteiger partial charge >= 0.3 is 0 Å². The fraction of sp³-hybridized carbons (Fsp3) is 0.650. The average molecular weight is 392 g/mol. The van der Waals surface area contributed by atoms with Gasteiger partial charge in [-0.05, 0) is 45.7 Å². The van der Waals surface area contributed by atoms with Crippen molar-refractivity contribution in [2.24, 2.45) is 5.92 Å². The maximum Gasteiger partial charge on any atom is 0.225 e. The van der Waals surface area contributed by atoms with Crippen LogP contribution in [0.1, 0.15) is 39.2 Å². The van der Waals surface area contributed by atoms with E-state index in [4.69, 9.17) is 5.26 Å². The summed E-state index contributed by atoms with van der Waals surface area (Å²) in [6, 6.07) is 6.75. The highest BCUT2D eigenvalue weighted by Gasteiger charge is 2.33. The third-order valence-corrected chi connectivity index (χ3v) is 5.70. The number of amides is 1. The van der Waals surface area contributed by atoms with E-state index in [0.29, 0.717) is 23.6 Å². The van der Waals surface area contributed by atoms with E-state index in [0.717, 1.165) is 51.4 Å².